The maximum Gasteiger partial charge on any atom is 0.306 e. The van der Waals surface area contributed by atoms with E-state index in [1.54, 1.807) is 0 Å². The van der Waals surface area contributed by atoms with E-state index in [0.29, 0.717) is 25.0 Å². The minimum absolute atomic E-state index is 0.0158. The van der Waals surface area contributed by atoms with Gasteiger partial charge in [0.15, 0.2) is 0 Å². The van der Waals surface area contributed by atoms with Gasteiger partial charge in [-0.25, -0.2) is 0 Å². The molecule has 2 unspecified atom stereocenters. The largest absolute Gasteiger partial charge is 0.466 e. The standard InChI is InChI=1S/C17H30N2O2/c1-2-21-17(20)9-14-8-15(18-10-13-4-3-5-13)12-19(11-14)16-6-7-16/h13-16,18H,2-12H2,1H3. The summed E-state index contributed by atoms with van der Waals surface area (Å²) in [5, 5.41) is 3.78. The average Bonchev–Trinajstić information content (AvgIpc) is 3.21. The van der Waals surface area contributed by atoms with Gasteiger partial charge in [0.1, 0.15) is 0 Å². The first-order valence-corrected chi connectivity index (χ1v) is 8.87. The number of piperidine rings is 1. The lowest BCUT2D eigenvalue weighted by atomic mass is 9.84. The van der Waals surface area contributed by atoms with Crippen LogP contribution in [0.4, 0.5) is 0 Å². The number of carbonyl (C=O) groups excluding carboxylic acids is 1. The van der Waals surface area contributed by atoms with E-state index in [9.17, 15) is 4.79 Å². The molecule has 0 aromatic carbocycles. The van der Waals surface area contributed by atoms with Crippen molar-refractivity contribution < 1.29 is 9.53 Å². The van der Waals surface area contributed by atoms with E-state index < -0.39 is 0 Å². The molecule has 120 valence electrons. The van der Waals surface area contributed by atoms with E-state index in [2.05, 4.69) is 10.2 Å². The van der Waals surface area contributed by atoms with E-state index in [0.717, 1.165) is 24.9 Å². The number of carbonyl (C=O) groups is 1. The summed E-state index contributed by atoms with van der Waals surface area (Å²) in [5.41, 5.74) is 0. The van der Waals surface area contributed by atoms with Crippen LogP contribution in [-0.2, 0) is 9.53 Å². The normalized spacial score (nSPS) is 30.9. The summed E-state index contributed by atoms with van der Waals surface area (Å²) in [5.74, 6) is 1.36. The van der Waals surface area contributed by atoms with Gasteiger partial charge in [-0.2, -0.15) is 0 Å². The zero-order chi connectivity index (χ0) is 14.7. The van der Waals surface area contributed by atoms with Gasteiger partial charge in [-0.05, 0) is 57.4 Å². The maximum absolute atomic E-state index is 11.8. The van der Waals surface area contributed by atoms with Crippen molar-refractivity contribution in [3.8, 4) is 0 Å². The lowest BCUT2D eigenvalue weighted by Gasteiger charge is -2.39. The second kappa shape index (κ2) is 7.10. The molecule has 2 saturated carbocycles. The zero-order valence-electron chi connectivity index (χ0n) is 13.4. The Morgan fingerprint density at radius 1 is 1.19 bits per heavy atom. The highest BCUT2D eigenvalue weighted by Crippen LogP contribution is 2.32. The topological polar surface area (TPSA) is 41.6 Å². The van der Waals surface area contributed by atoms with Crippen LogP contribution >= 0.6 is 0 Å². The summed E-state index contributed by atoms with van der Waals surface area (Å²) in [7, 11) is 0. The van der Waals surface area contributed by atoms with Crippen LogP contribution in [0.25, 0.3) is 0 Å². The Hall–Kier alpha value is -0.610. The van der Waals surface area contributed by atoms with E-state index in [4.69, 9.17) is 4.74 Å². The molecule has 0 spiro atoms. The molecule has 21 heavy (non-hydrogen) atoms. The second-order valence-corrected chi connectivity index (χ2v) is 7.20. The van der Waals surface area contributed by atoms with Gasteiger partial charge in [-0.3, -0.25) is 9.69 Å². The quantitative estimate of drug-likeness (QED) is 0.731. The highest BCUT2D eigenvalue weighted by atomic mass is 16.5. The summed E-state index contributed by atoms with van der Waals surface area (Å²) in [6.07, 6.45) is 8.64. The molecule has 3 rings (SSSR count). The van der Waals surface area contributed by atoms with Crippen LogP contribution in [0.3, 0.4) is 0 Å². The van der Waals surface area contributed by atoms with Crippen LogP contribution < -0.4 is 5.32 Å². The van der Waals surface area contributed by atoms with Crippen molar-refractivity contribution in [3.05, 3.63) is 0 Å². The van der Waals surface area contributed by atoms with Crippen LogP contribution in [0.2, 0.25) is 0 Å². The molecule has 0 aromatic rings. The Balaban J connectivity index is 1.49. The van der Waals surface area contributed by atoms with Gasteiger partial charge < -0.3 is 10.1 Å². The zero-order valence-corrected chi connectivity index (χ0v) is 13.4. The van der Waals surface area contributed by atoms with Crippen LogP contribution in [0.1, 0.15) is 51.9 Å². The third kappa shape index (κ3) is 4.43. The SMILES string of the molecule is CCOC(=O)CC1CC(NCC2CCC2)CN(C2CC2)C1. The molecule has 0 amide bonds. The van der Waals surface area contributed by atoms with Crippen LogP contribution in [0, 0.1) is 11.8 Å². The Morgan fingerprint density at radius 2 is 2.00 bits per heavy atom. The predicted octanol–water partition coefficient (Wildman–Crippen LogP) is 2.18. The smallest absolute Gasteiger partial charge is 0.306 e. The van der Waals surface area contributed by atoms with E-state index in [1.165, 1.54) is 45.2 Å². The van der Waals surface area contributed by atoms with Crippen molar-refractivity contribution in [2.45, 2.75) is 64.0 Å². The number of nitrogens with zero attached hydrogens (tertiary/aromatic N) is 1. The first-order chi connectivity index (χ1) is 10.2. The third-order valence-corrected chi connectivity index (χ3v) is 5.31. The average molecular weight is 294 g/mol. The number of nitrogens with one attached hydrogen (secondary N) is 1. The molecule has 2 atom stereocenters. The molecule has 0 radical (unpaired) electrons. The summed E-state index contributed by atoms with van der Waals surface area (Å²) in [6.45, 7) is 5.83. The molecule has 4 heteroatoms. The highest BCUT2D eigenvalue weighted by molar-refractivity contribution is 5.69. The number of esters is 1. The fraction of sp³-hybridized carbons (Fsp3) is 0.941. The van der Waals surface area contributed by atoms with E-state index >= 15 is 0 Å². The van der Waals surface area contributed by atoms with Gasteiger partial charge in [-0.15, -0.1) is 0 Å². The third-order valence-electron chi connectivity index (χ3n) is 5.31. The predicted molar refractivity (Wildman–Crippen MR) is 83.1 cm³/mol. The number of hydrogen-bond acceptors (Lipinski definition) is 4. The lowest BCUT2D eigenvalue weighted by Crippen LogP contribution is -2.51. The molecule has 0 bridgehead atoms. The fourth-order valence-corrected chi connectivity index (χ4v) is 3.76. The molecule has 1 saturated heterocycles. The van der Waals surface area contributed by atoms with Crippen molar-refractivity contribution in [1.29, 1.82) is 0 Å². The van der Waals surface area contributed by atoms with Crippen LogP contribution in [0.15, 0.2) is 0 Å². The highest BCUT2D eigenvalue weighted by Gasteiger charge is 2.37. The van der Waals surface area contributed by atoms with Crippen molar-refractivity contribution >= 4 is 5.97 Å². The molecular formula is C17H30N2O2. The van der Waals surface area contributed by atoms with Gasteiger partial charge in [0.05, 0.1) is 6.61 Å². The minimum Gasteiger partial charge on any atom is -0.466 e. The van der Waals surface area contributed by atoms with Crippen LogP contribution in [0.5, 0.6) is 0 Å². The van der Waals surface area contributed by atoms with E-state index in [1.807, 2.05) is 6.92 Å². The first kappa shape index (κ1) is 15.3. The second-order valence-electron chi connectivity index (χ2n) is 7.20. The number of hydrogen-bond donors (Lipinski definition) is 1. The van der Waals surface area contributed by atoms with Gasteiger partial charge in [0, 0.05) is 31.6 Å². The summed E-state index contributed by atoms with van der Waals surface area (Å²) >= 11 is 0. The number of rotatable bonds is 7. The Morgan fingerprint density at radius 3 is 2.62 bits per heavy atom. The summed E-state index contributed by atoms with van der Waals surface area (Å²) in [4.78, 5) is 14.4. The molecule has 0 aromatic heterocycles. The minimum atomic E-state index is -0.0158. The first-order valence-electron chi connectivity index (χ1n) is 8.87. The van der Waals surface area contributed by atoms with Crippen molar-refractivity contribution in [2.75, 3.05) is 26.2 Å². The number of ether oxygens (including phenoxy) is 1. The van der Waals surface area contributed by atoms with Crippen molar-refractivity contribution in [1.82, 2.24) is 10.2 Å². The molecule has 2 aliphatic carbocycles. The summed E-state index contributed by atoms with van der Waals surface area (Å²) in [6, 6.07) is 1.36. The maximum atomic E-state index is 11.8. The van der Waals surface area contributed by atoms with Gasteiger partial charge in [0.25, 0.3) is 0 Å². The molecule has 4 nitrogen and oxygen atoms in total. The Bertz CT molecular complexity index is 353. The molecular weight excluding hydrogens is 264 g/mol. The molecule has 1 aliphatic heterocycles. The van der Waals surface area contributed by atoms with Crippen molar-refractivity contribution in [2.24, 2.45) is 11.8 Å². The molecule has 1 N–H and O–H groups in total. The van der Waals surface area contributed by atoms with Crippen LogP contribution in [-0.4, -0.2) is 49.2 Å². The van der Waals surface area contributed by atoms with Gasteiger partial charge in [0.2, 0.25) is 0 Å². The number of likely N-dealkylation sites (tertiary alicyclic amines) is 1. The van der Waals surface area contributed by atoms with E-state index in [-0.39, 0.29) is 5.97 Å². The van der Waals surface area contributed by atoms with Gasteiger partial charge in [-0.1, -0.05) is 6.42 Å². The Kier molecular flexibility index (Phi) is 5.17. The Labute approximate surface area is 128 Å². The summed E-state index contributed by atoms with van der Waals surface area (Å²) < 4.78 is 5.14. The molecule has 3 aliphatic rings. The monoisotopic (exact) mass is 294 g/mol. The van der Waals surface area contributed by atoms with Gasteiger partial charge >= 0.3 is 5.97 Å². The van der Waals surface area contributed by atoms with Crippen molar-refractivity contribution in [3.63, 3.8) is 0 Å². The fourth-order valence-electron chi connectivity index (χ4n) is 3.76. The molecule has 3 fully saturated rings. The lowest BCUT2D eigenvalue weighted by molar-refractivity contribution is -0.144. The molecule has 1 heterocycles.